The lowest BCUT2D eigenvalue weighted by Crippen LogP contribution is -2.16. The zero-order valence-electron chi connectivity index (χ0n) is 22.4. The lowest BCUT2D eigenvalue weighted by Gasteiger charge is -2.19. The van der Waals surface area contributed by atoms with Gasteiger partial charge in [-0.25, -0.2) is 4.98 Å². The molecule has 4 aromatic rings. The van der Waals surface area contributed by atoms with Crippen molar-refractivity contribution in [2.45, 2.75) is 13.8 Å². The van der Waals surface area contributed by atoms with Crippen molar-refractivity contribution in [1.29, 1.82) is 0 Å². The summed E-state index contributed by atoms with van der Waals surface area (Å²) in [5, 5.41) is 0.163. The molecular formula is C27H31N3O6P2S. The fourth-order valence-electron chi connectivity index (χ4n) is 4.38. The SMILES string of the molecule is Cc1cc(C)cc(-c2nc(-c3ccc(N(C)C)cc3P(=O)(O)O)c(-c3ccc(N(C)C)cc3P(=O)(O)O)s2)c1. The zero-order valence-corrected chi connectivity index (χ0v) is 25.1. The predicted octanol–water partition coefficient (Wildman–Crippen LogP) is 4.50. The van der Waals surface area contributed by atoms with Gasteiger partial charge in [-0.05, 0) is 56.3 Å². The molecule has 0 bridgehead atoms. The Morgan fingerprint density at radius 3 is 1.62 bits per heavy atom. The van der Waals surface area contributed by atoms with Crippen LogP contribution in [0.5, 0.6) is 0 Å². The average molecular weight is 588 g/mol. The minimum absolute atomic E-state index is 0.187. The number of aromatic nitrogens is 1. The number of rotatable bonds is 7. The van der Waals surface area contributed by atoms with E-state index in [1.807, 2.05) is 32.0 Å². The van der Waals surface area contributed by atoms with Gasteiger partial charge in [0.25, 0.3) is 0 Å². The van der Waals surface area contributed by atoms with Crippen LogP contribution in [0.1, 0.15) is 11.1 Å². The number of hydrogen-bond donors (Lipinski definition) is 4. The maximum Gasteiger partial charge on any atom is 0.356 e. The second-order valence-corrected chi connectivity index (χ2v) is 14.0. The highest BCUT2D eigenvalue weighted by Crippen LogP contribution is 2.47. The van der Waals surface area contributed by atoms with Crippen molar-refractivity contribution >= 4 is 48.5 Å². The van der Waals surface area contributed by atoms with Gasteiger partial charge in [0.2, 0.25) is 0 Å². The van der Waals surface area contributed by atoms with Crippen LogP contribution in [-0.2, 0) is 9.13 Å². The van der Waals surface area contributed by atoms with E-state index in [2.05, 4.69) is 0 Å². The lowest BCUT2D eigenvalue weighted by atomic mass is 10.0. The Labute approximate surface area is 231 Å². The third-order valence-electron chi connectivity index (χ3n) is 6.22. The van der Waals surface area contributed by atoms with Crippen LogP contribution in [0.3, 0.4) is 0 Å². The zero-order chi connectivity index (χ0) is 28.9. The number of benzene rings is 3. The molecule has 39 heavy (non-hydrogen) atoms. The molecule has 4 N–H and O–H groups in total. The predicted molar refractivity (Wildman–Crippen MR) is 160 cm³/mol. The topological polar surface area (TPSA) is 134 Å². The van der Waals surface area contributed by atoms with Gasteiger partial charge in [0.05, 0.1) is 21.2 Å². The largest absolute Gasteiger partial charge is 0.378 e. The van der Waals surface area contributed by atoms with E-state index in [-0.39, 0.29) is 27.4 Å². The number of nitrogens with zero attached hydrogens (tertiary/aromatic N) is 3. The Morgan fingerprint density at radius 2 is 1.15 bits per heavy atom. The fraction of sp³-hybridized carbons (Fsp3) is 0.222. The molecule has 0 saturated carbocycles. The van der Waals surface area contributed by atoms with Gasteiger partial charge in [-0.15, -0.1) is 11.3 Å². The Bertz CT molecular complexity index is 1540. The van der Waals surface area contributed by atoms with E-state index < -0.39 is 15.2 Å². The molecule has 0 saturated heterocycles. The van der Waals surface area contributed by atoms with E-state index in [9.17, 15) is 28.7 Å². The highest BCUT2D eigenvalue weighted by atomic mass is 32.1. The van der Waals surface area contributed by atoms with Crippen LogP contribution in [0, 0.1) is 13.8 Å². The third-order valence-corrected chi connectivity index (χ3v) is 9.35. The molecule has 0 radical (unpaired) electrons. The number of thiazole rings is 1. The summed E-state index contributed by atoms with van der Waals surface area (Å²) in [5.74, 6) is 0. The van der Waals surface area contributed by atoms with Crippen molar-refractivity contribution < 1.29 is 28.7 Å². The first-order valence-corrected chi connectivity index (χ1v) is 16.0. The van der Waals surface area contributed by atoms with Crippen molar-refractivity contribution in [1.82, 2.24) is 4.98 Å². The van der Waals surface area contributed by atoms with Crippen LogP contribution >= 0.6 is 26.5 Å². The van der Waals surface area contributed by atoms with Gasteiger partial charge in [0, 0.05) is 56.3 Å². The lowest BCUT2D eigenvalue weighted by molar-refractivity contribution is 0.385. The van der Waals surface area contributed by atoms with Gasteiger partial charge in [-0.2, -0.15) is 0 Å². The maximum atomic E-state index is 12.7. The van der Waals surface area contributed by atoms with Crippen LogP contribution in [0.2, 0.25) is 0 Å². The molecule has 0 aliphatic heterocycles. The Balaban J connectivity index is 2.11. The number of anilines is 2. The molecule has 206 valence electrons. The highest BCUT2D eigenvalue weighted by molar-refractivity contribution is 7.61. The summed E-state index contributed by atoms with van der Waals surface area (Å²) in [7, 11) is -2.44. The summed E-state index contributed by atoms with van der Waals surface area (Å²) < 4.78 is 25.4. The highest BCUT2D eigenvalue weighted by Gasteiger charge is 2.31. The van der Waals surface area contributed by atoms with Crippen molar-refractivity contribution in [2.75, 3.05) is 38.0 Å². The molecule has 9 nitrogen and oxygen atoms in total. The molecule has 4 rings (SSSR count). The van der Waals surface area contributed by atoms with Crippen LogP contribution in [0.15, 0.2) is 54.6 Å². The molecule has 3 aromatic carbocycles. The molecule has 0 amide bonds. The summed E-state index contributed by atoms with van der Waals surface area (Å²) in [6.45, 7) is 3.92. The second kappa shape index (κ2) is 10.6. The Hall–Kier alpha value is -2.81. The minimum atomic E-state index is -4.77. The summed E-state index contributed by atoms with van der Waals surface area (Å²) >= 11 is 1.22. The molecule has 0 fully saturated rings. The molecule has 12 heteroatoms. The van der Waals surface area contributed by atoms with Gasteiger partial charge in [-0.3, -0.25) is 9.13 Å². The van der Waals surface area contributed by atoms with E-state index >= 15 is 0 Å². The van der Waals surface area contributed by atoms with E-state index in [1.165, 1.54) is 23.5 Å². The molecule has 1 heterocycles. The third kappa shape index (κ3) is 6.18. The van der Waals surface area contributed by atoms with Crippen molar-refractivity contribution in [2.24, 2.45) is 0 Å². The molecule has 1 aromatic heterocycles. The normalized spacial score (nSPS) is 12.1. The minimum Gasteiger partial charge on any atom is -0.378 e. The summed E-state index contributed by atoms with van der Waals surface area (Å²) in [6, 6.07) is 15.5. The summed E-state index contributed by atoms with van der Waals surface area (Å²) in [4.78, 5) is 50.0. The van der Waals surface area contributed by atoms with Crippen LogP contribution in [-0.4, -0.2) is 52.7 Å². The average Bonchev–Trinajstić information content (AvgIpc) is 3.27. The monoisotopic (exact) mass is 587 g/mol. The molecule has 0 aliphatic rings. The fourth-order valence-corrected chi connectivity index (χ4v) is 7.15. The first-order valence-electron chi connectivity index (χ1n) is 11.9. The van der Waals surface area contributed by atoms with Crippen LogP contribution in [0.4, 0.5) is 11.4 Å². The number of hydrogen-bond acceptors (Lipinski definition) is 6. The molecule has 0 atom stereocenters. The van der Waals surface area contributed by atoms with E-state index in [0.717, 1.165) is 16.7 Å². The van der Waals surface area contributed by atoms with Gasteiger partial charge in [-0.1, -0.05) is 23.3 Å². The molecular weight excluding hydrogens is 556 g/mol. The van der Waals surface area contributed by atoms with Crippen LogP contribution in [0.25, 0.3) is 32.3 Å². The standard InChI is InChI=1S/C27H31N3O6P2S/c1-16-11-17(2)13-18(12-16)27-28-25(21-9-7-19(29(3)4)14-23(21)37(31,32)33)26(39-27)22-10-8-20(30(5)6)15-24(22)38(34,35)36/h7-15H,1-6H3,(H2,31,32,33)(H2,34,35,36). The summed E-state index contributed by atoms with van der Waals surface area (Å²) in [6.07, 6.45) is 0. The Kier molecular flexibility index (Phi) is 7.96. The van der Waals surface area contributed by atoms with E-state index in [1.54, 1.807) is 62.3 Å². The van der Waals surface area contributed by atoms with Gasteiger partial charge in [0.1, 0.15) is 5.01 Å². The van der Waals surface area contributed by atoms with Gasteiger partial charge < -0.3 is 29.4 Å². The molecule has 0 spiro atoms. The van der Waals surface area contributed by atoms with E-state index in [0.29, 0.717) is 21.3 Å². The van der Waals surface area contributed by atoms with Crippen LogP contribution < -0.4 is 20.4 Å². The number of aryl methyl sites for hydroxylation is 2. The van der Waals surface area contributed by atoms with Crippen molar-refractivity contribution in [3.8, 4) is 32.3 Å². The molecule has 0 aliphatic carbocycles. The van der Waals surface area contributed by atoms with Gasteiger partial charge >= 0.3 is 15.2 Å². The van der Waals surface area contributed by atoms with Crippen molar-refractivity contribution in [3.05, 3.63) is 65.7 Å². The smallest absolute Gasteiger partial charge is 0.356 e. The quantitative estimate of drug-likeness (QED) is 0.231. The second-order valence-electron chi connectivity index (χ2n) is 9.85. The summed E-state index contributed by atoms with van der Waals surface area (Å²) in [5.41, 5.74) is 4.72. The van der Waals surface area contributed by atoms with E-state index in [4.69, 9.17) is 4.98 Å². The Morgan fingerprint density at radius 1 is 0.692 bits per heavy atom. The first kappa shape index (κ1) is 29.2. The first-order chi connectivity index (χ1) is 18.1. The maximum absolute atomic E-state index is 12.7. The molecule has 0 unspecified atom stereocenters. The van der Waals surface area contributed by atoms with Crippen molar-refractivity contribution in [3.63, 3.8) is 0 Å². The van der Waals surface area contributed by atoms with Gasteiger partial charge in [0.15, 0.2) is 0 Å².